The Balaban J connectivity index is 2.04. The van der Waals surface area contributed by atoms with Gasteiger partial charge in [0.15, 0.2) is 0 Å². The monoisotopic (exact) mass is 406 g/mol. The summed E-state index contributed by atoms with van der Waals surface area (Å²) >= 11 is 0. The number of para-hydroxylation sites is 1. The predicted molar refractivity (Wildman–Crippen MR) is 106 cm³/mol. The Morgan fingerprint density at radius 1 is 1.21 bits per heavy atom. The van der Waals surface area contributed by atoms with Gasteiger partial charge >= 0.3 is 0 Å². The van der Waals surface area contributed by atoms with Crippen molar-refractivity contribution in [3.05, 3.63) is 60.2 Å². The quantitative estimate of drug-likeness (QED) is 0.380. The predicted octanol–water partition coefficient (Wildman–Crippen LogP) is 2.86. The number of hydrogen-bond acceptors (Lipinski definition) is 5. The molecule has 2 unspecified atom stereocenters. The lowest BCUT2D eigenvalue weighted by Gasteiger charge is -2.30. The number of carbonyl (C=O) groups excluding carboxylic acids is 1. The van der Waals surface area contributed by atoms with Crippen LogP contribution >= 0.6 is 0 Å². The van der Waals surface area contributed by atoms with Gasteiger partial charge in [-0.2, -0.15) is 0 Å². The number of aliphatic hydroxyl groups is 1. The second kappa shape index (κ2) is 10.1. The molecular formula is C21H24F2N2O4. The Bertz CT molecular complexity index is 839. The van der Waals surface area contributed by atoms with Crippen LogP contribution in [0.2, 0.25) is 0 Å². The molecule has 0 bridgehead atoms. The zero-order valence-electron chi connectivity index (χ0n) is 16.1. The number of amides is 1. The molecule has 0 heterocycles. The summed E-state index contributed by atoms with van der Waals surface area (Å²) in [6.07, 6.45) is 0.185. The van der Waals surface area contributed by atoms with Crippen molar-refractivity contribution in [3.63, 3.8) is 0 Å². The van der Waals surface area contributed by atoms with Crippen LogP contribution in [0.5, 0.6) is 5.75 Å². The highest BCUT2D eigenvalue weighted by Gasteiger charge is 2.44. The van der Waals surface area contributed by atoms with Crippen molar-refractivity contribution >= 4 is 12.0 Å². The first-order valence-corrected chi connectivity index (χ1v) is 8.89. The maximum Gasteiger partial charge on any atom is 0.268 e. The molecule has 0 aliphatic heterocycles. The van der Waals surface area contributed by atoms with Gasteiger partial charge < -0.3 is 9.84 Å². The van der Waals surface area contributed by atoms with E-state index in [1.807, 2.05) is 48.5 Å². The molecule has 4 N–H and O–H groups in total. The number of rotatable bonds is 9. The Hall–Kier alpha value is -2.81. The number of halogens is 2. The number of alkyl halides is 2. The number of methoxy groups -OCH3 is 1. The first-order chi connectivity index (χ1) is 13.8. The number of ether oxygens (including phenoxy) is 1. The van der Waals surface area contributed by atoms with Crippen LogP contribution in [0.15, 0.2) is 54.6 Å². The molecule has 0 aromatic heterocycles. The van der Waals surface area contributed by atoms with Gasteiger partial charge in [0, 0.05) is 12.1 Å². The van der Waals surface area contributed by atoms with Gasteiger partial charge in [0.25, 0.3) is 12.3 Å². The third kappa shape index (κ3) is 5.60. The molecule has 0 spiro atoms. The Kier molecular flexibility index (Phi) is 7.83. The van der Waals surface area contributed by atoms with Crippen molar-refractivity contribution in [2.24, 2.45) is 0 Å². The van der Waals surface area contributed by atoms with Gasteiger partial charge in [-0.1, -0.05) is 54.6 Å². The molecule has 6 nitrogen and oxygen atoms in total. The van der Waals surface area contributed by atoms with E-state index < -0.39 is 24.0 Å². The summed E-state index contributed by atoms with van der Waals surface area (Å²) in [6.45, 7) is 0.847. The molecule has 2 atom stereocenters. The average molecular weight is 406 g/mol. The van der Waals surface area contributed by atoms with Gasteiger partial charge in [0.2, 0.25) is 0 Å². The Labute approximate surface area is 167 Å². The van der Waals surface area contributed by atoms with Crippen LogP contribution in [0.1, 0.15) is 12.5 Å². The third-order valence-corrected chi connectivity index (χ3v) is 4.48. The fourth-order valence-corrected chi connectivity index (χ4v) is 2.79. The maximum atomic E-state index is 13.0. The molecule has 0 fully saturated rings. The first kappa shape index (κ1) is 22.5. The highest BCUT2D eigenvalue weighted by molar-refractivity contribution is 5.82. The molecule has 156 valence electrons. The summed E-state index contributed by atoms with van der Waals surface area (Å²) < 4.78 is 31.3. The number of carbonyl (C=O) groups is 1. The van der Waals surface area contributed by atoms with E-state index in [2.05, 4.69) is 5.32 Å². The van der Waals surface area contributed by atoms with E-state index in [1.165, 1.54) is 5.48 Å². The van der Waals surface area contributed by atoms with Crippen LogP contribution in [0.25, 0.3) is 17.2 Å². The molecule has 0 aliphatic carbocycles. The van der Waals surface area contributed by atoms with Crippen molar-refractivity contribution < 1.29 is 28.6 Å². The summed E-state index contributed by atoms with van der Waals surface area (Å²) in [6, 6.07) is 13.6. The van der Waals surface area contributed by atoms with E-state index in [4.69, 9.17) is 9.94 Å². The number of nitrogens with one attached hydrogen (secondary N) is 2. The summed E-state index contributed by atoms with van der Waals surface area (Å²) in [5.41, 5.74) is 1.44. The van der Waals surface area contributed by atoms with E-state index in [0.29, 0.717) is 0 Å². The van der Waals surface area contributed by atoms with E-state index in [1.54, 1.807) is 19.3 Å². The van der Waals surface area contributed by atoms with E-state index in [9.17, 15) is 18.7 Å². The molecule has 0 radical (unpaired) electrons. The van der Waals surface area contributed by atoms with Crippen LogP contribution in [0.3, 0.4) is 0 Å². The van der Waals surface area contributed by atoms with Crippen molar-refractivity contribution in [2.45, 2.75) is 25.0 Å². The third-order valence-electron chi connectivity index (χ3n) is 4.48. The molecule has 2 rings (SSSR count). The zero-order chi connectivity index (χ0) is 21.4. The van der Waals surface area contributed by atoms with Gasteiger partial charge in [0.05, 0.1) is 7.11 Å². The summed E-state index contributed by atoms with van der Waals surface area (Å²) in [4.78, 5) is 11.6. The SMILES string of the molecule is COc1ccccc1-c1ccc(/C=C/CNC(C(=O)NO)C(C)(O)C(F)F)cc1. The zero-order valence-corrected chi connectivity index (χ0v) is 16.1. The molecule has 2 aromatic rings. The number of hydrogen-bond donors (Lipinski definition) is 4. The van der Waals surface area contributed by atoms with E-state index >= 15 is 0 Å². The van der Waals surface area contributed by atoms with Crippen LogP contribution in [-0.2, 0) is 4.79 Å². The lowest BCUT2D eigenvalue weighted by molar-refractivity contribution is -0.150. The van der Waals surface area contributed by atoms with Crippen molar-refractivity contribution in [1.82, 2.24) is 10.8 Å². The number of hydroxylamine groups is 1. The van der Waals surface area contributed by atoms with Gasteiger partial charge in [-0.05, 0) is 24.1 Å². The minimum atomic E-state index is -3.18. The average Bonchev–Trinajstić information content (AvgIpc) is 2.73. The van der Waals surface area contributed by atoms with Crippen molar-refractivity contribution in [2.75, 3.05) is 13.7 Å². The van der Waals surface area contributed by atoms with Crippen LogP contribution in [0.4, 0.5) is 8.78 Å². The Morgan fingerprint density at radius 2 is 1.86 bits per heavy atom. The molecule has 1 amide bonds. The molecule has 0 saturated carbocycles. The topological polar surface area (TPSA) is 90.8 Å². The van der Waals surface area contributed by atoms with Crippen LogP contribution in [0, 0.1) is 0 Å². The smallest absolute Gasteiger partial charge is 0.268 e. The van der Waals surface area contributed by atoms with Gasteiger partial charge in [-0.3, -0.25) is 15.3 Å². The summed E-state index contributed by atoms with van der Waals surface area (Å²) in [5, 5.41) is 21.1. The normalized spacial score (nSPS) is 14.6. The summed E-state index contributed by atoms with van der Waals surface area (Å²) in [7, 11) is 1.61. The highest BCUT2D eigenvalue weighted by Crippen LogP contribution is 2.29. The van der Waals surface area contributed by atoms with Gasteiger partial charge in [-0.15, -0.1) is 0 Å². The van der Waals surface area contributed by atoms with E-state index in [-0.39, 0.29) is 6.54 Å². The molecule has 8 heteroatoms. The van der Waals surface area contributed by atoms with Crippen molar-refractivity contribution in [1.29, 1.82) is 0 Å². The summed E-state index contributed by atoms with van der Waals surface area (Å²) in [5.74, 6) is -0.385. The van der Waals surface area contributed by atoms with Crippen LogP contribution < -0.4 is 15.5 Å². The van der Waals surface area contributed by atoms with Crippen LogP contribution in [-0.4, -0.2) is 47.9 Å². The van der Waals surface area contributed by atoms with Gasteiger partial charge in [-0.25, -0.2) is 14.3 Å². The molecule has 29 heavy (non-hydrogen) atoms. The first-order valence-electron chi connectivity index (χ1n) is 8.89. The number of benzene rings is 2. The Morgan fingerprint density at radius 3 is 2.45 bits per heavy atom. The lowest BCUT2D eigenvalue weighted by Crippen LogP contribution is -2.60. The molecule has 2 aromatic carbocycles. The second-order valence-corrected chi connectivity index (χ2v) is 6.57. The molecule has 0 saturated heterocycles. The van der Waals surface area contributed by atoms with E-state index in [0.717, 1.165) is 29.4 Å². The lowest BCUT2D eigenvalue weighted by atomic mass is 9.96. The maximum absolute atomic E-state index is 13.0. The second-order valence-electron chi connectivity index (χ2n) is 6.57. The minimum absolute atomic E-state index is 0.0230. The standard InChI is InChI=1S/C21H24F2N2O4/c1-21(27,20(22)23)18(19(26)25-28)24-13-5-6-14-9-11-15(12-10-14)16-7-3-4-8-17(16)29-2/h3-12,18,20,24,27-28H,13H2,1-2H3,(H,25,26)/b6-5+. The highest BCUT2D eigenvalue weighted by atomic mass is 19.3. The van der Waals surface area contributed by atoms with Crippen molar-refractivity contribution in [3.8, 4) is 16.9 Å². The van der Waals surface area contributed by atoms with Gasteiger partial charge in [0.1, 0.15) is 17.4 Å². The largest absolute Gasteiger partial charge is 0.496 e. The molecular weight excluding hydrogens is 382 g/mol. The molecule has 0 aliphatic rings. The minimum Gasteiger partial charge on any atom is -0.496 e. The fraction of sp³-hybridized carbons (Fsp3) is 0.286. The fourth-order valence-electron chi connectivity index (χ4n) is 2.79.